The van der Waals surface area contributed by atoms with Gasteiger partial charge in [-0.15, -0.1) is 0 Å². The molecule has 2 nitrogen and oxygen atoms in total. The summed E-state index contributed by atoms with van der Waals surface area (Å²) in [5.74, 6) is 0.635. The maximum Gasteiger partial charge on any atom is 0.0953 e. The Balaban J connectivity index is 2.43. The summed E-state index contributed by atoms with van der Waals surface area (Å²) in [4.78, 5) is 2.41. The van der Waals surface area contributed by atoms with Crippen LogP contribution < -0.4 is 0 Å². The molecular weight excluding hydrogens is 138 g/mol. The molecule has 0 aliphatic carbocycles. The van der Waals surface area contributed by atoms with E-state index < -0.39 is 0 Å². The highest BCUT2D eigenvalue weighted by Gasteiger charge is 2.44. The summed E-state index contributed by atoms with van der Waals surface area (Å²) in [5.41, 5.74) is 0.163. The van der Waals surface area contributed by atoms with Gasteiger partial charge in [0, 0.05) is 20.2 Å². The number of nitrogens with zero attached hydrogens (tertiary/aromatic N) is 1. The summed E-state index contributed by atoms with van der Waals surface area (Å²) in [6, 6.07) is 0. The maximum atomic E-state index is 5.53. The van der Waals surface area contributed by atoms with Crippen LogP contribution in [-0.2, 0) is 4.74 Å². The highest BCUT2D eigenvalue weighted by Crippen LogP contribution is 2.31. The predicted molar refractivity (Wildman–Crippen MR) is 46.7 cm³/mol. The molecule has 1 aliphatic rings. The third-order valence-corrected chi connectivity index (χ3v) is 2.89. The molecule has 0 radical (unpaired) electrons. The Morgan fingerprint density at radius 1 is 1.45 bits per heavy atom. The zero-order valence-corrected chi connectivity index (χ0v) is 8.05. The molecule has 0 aromatic rings. The second-order valence-corrected chi connectivity index (χ2v) is 3.73. The van der Waals surface area contributed by atoms with E-state index in [1.54, 1.807) is 0 Å². The van der Waals surface area contributed by atoms with Crippen molar-refractivity contribution >= 4 is 0 Å². The fourth-order valence-corrected chi connectivity index (χ4v) is 1.66. The second-order valence-electron chi connectivity index (χ2n) is 3.73. The minimum atomic E-state index is 0.163. The Morgan fingerprint density at radius 3 is 2.27 bits per heavy atom. The van der Waals surface area contributed by atoms with E-state index in [1.165, 1.54) is 0 Å². The van der Waals surface area contributed by atoms with E-state index in [0.717, 1.165) is 19.6 Å². The van der Waals surface area contributed by atoms with Crippen LogP contribution in [0.2, 0.25) is 0 Å². The van der Waals surface area contributed by atoms with Gasteiger partial charge in [-0.1, -0.05) is 20.8 Å². The summed E-state index contributed by atoms with van der Waals surface area (Å²) in [6.45, 7) is 10.0. The molecule has 1 saturated heterocycles. The molecule has 0 bridgehead atoms. The zero-order valence-electron chi connectivity index (χ0n) is 8.05. The van der Waals surface area contributed by atoms with Gasteiger partial charge in [0.2, 0.25) is 0 Å². The maximum absolute atomic E-state index is 5.53. The van der Waals surface area contributed by atoms with Crippen LogP contribution in [0.15, 0.2) is 0 Å². The van der Waals surface area contributed by atoms with Crippen molar-refractivity contribution in [2.24, 2.45) is 5.92 Å². The summed E-state index contributed by atoms with van der Waals surface area (Å²) in [7, 11) is 1.83. The van der Waals surface area contributed by atoms with E-state index in [9.17, 15) is 0 Å². The minimum absolute atomic E-state index is 0.163. The van der Waals surface area contributed by atoms with E-state index in [4.69, 9.17) is 4.74 Å². The molecule has 2 heteroatoms. The smallest absolute Gasteiger partial charge is 0.0953 e. The molecule has 1 aliphatic heterocycles. The monoisotopic (exact) mass is 157 g/mol. The number of likely N-dealkylation sites (N-methyl/N-ethyl adjacent to an activating group) is 1. The van der Waals surface area contributed by atoms with Gasteiger partial charge in [-0.25, -0.2) is 0 Å². The third kappa shape index (κ3) is 1.42. The third-order valence-electron chi connectivity index (χ3n) is 2.89. The number of ether oxygens (including phenoxy) is 1. The minimum Gasteiger partial charge on any atom is -0.375 e. The Bertz CT molecular complexity index is 128. The molecule has 66 valence electrons. The average molecular weight is 157 g/mol. The number of rotatable bonds is 3. The molecule has 0 spiro atoms. The van der Waals surface area contributed by atoms with Gasteiger partial charge in [0.1, 0.15) is 0 Å². The van der Waals surface area contributed by atoms with Crippen molar-refractivity contribution in [1.29, 1.82) is 0 Å². The molecule has 11 heavy (non-hydrogen) atoms. The van der Waals surface area contributed by atoms with Crippen LogP contribution in [0.5, 0.6) is 0 Å². The van der Waals surface area contributed by atoms with E-state index >= 15 is 0 Å². The lowest BCUT2D eigenvalue weighted by atomic mass is 9.83. The van der Waals surface area contributed by atoms with Gasteiger partial charge in [-0.2, -0.15) is 0 Å². The van der Waals surface area contributed by atoms with E-state index in [2.05, 4.69) is 25.7 Å². The molecule has 1 fully saturated rings. The van der Waals surface area contributed by atoms with Crippen LogP contribution in [0.3, 0.4) is 0 Å². The van der Waals surface area contributed by atoms with Crippen molar-refractivity contribution in [2.75, 3.05) is 26.7 Å². The molecule has 1 rings (SSSR count). The molecule has 0 aromatic carbocycles. The Labute approximate surface area is 69.5 Å². The highest BCUT2D eigenvalue weighted by atomic mass is 16.5. The number of likely N-dealkylation sites (tertiary alicyclic amines) is 1. The second kappa shape index (κ2) is 3.11. The fraction of sp³-hybridized carbons (Fsp3) is 1.00. The SMILES string of the molecule is CCN1CC(OC)(C(C)C)C1. The first-order valence-electron chi connectivity index (χ1n) is 4.42. The first-order chi connectivity index (χ1) is 5.14. The van der Waals surface area contributed by atoms with Crippen LogP contribution in [0.4, 0.5) is 0 Å². The molecule has 0 amide bonds. The molecule has 0 unspecified atom stereocenters. The number of methoxy groups -OCH3 is 1. The lowest BCUT2D eigenvalue weighted by Gasteiger charge is -2.51. The van der Waals surface area contributed by atoms with Crippen molar-refractivity contribution in [3.8, 4) is 0 Å². The molecule has 0 N–H and O–H groups in total. The van der Waals surface area contributed by atoms with Gasteiger partial charge in [0.25, 0.3) is 0 Å². The van der Waals surface area contributed by atoms with Gasteiger partial charge in [-0.05, 0) is 12.5 Å². The number of hydrogen-bond donors (Lipinski definition) is 0. The van der Waals surface area contributed by atoms with Crippen LogP contribution in [0.25, 0.3) is 0 Å². The first kappa shape index (κ1) is 9.01. The molecule has 0 atom stereocenters. The molecular formula is C9H19NO. The van der Waals surface area contributed by atoms with Crippen molar-refractivity contribution < 1.29 is 4.74 Å². The molecule has 0 aromatic heterocycles. The summed E-state index contributed by atoms with van der Waals surface area (Å²) in [5, 5.41) is 0. The molecule has 1 heterocycles. The first-order valence-corrected chi connectivity index (χ1v) is 4.42. The Kier molecular flexibility index (Phi) is 2.55. The quantitative estimate of drug-likeness (QED) is 0.613. The predicted octanol–water partition coefficient (Wildman–Crippen LogP) is 1.36. The largest absolute Gasteiger partial charge is 0.375 e. The van der Waals surface area contributed by atoms with Crippen LogP contribution in [-0.4, -0.2) is 37.2 Å². The van der Waals surface area contributed by atoms with Gasteiger partial charge >= 0.3 is 0 Å². The van der Waals surface area contributed by atoms with E-state index in [0.29, 0.717) is 5.92 Å². The lowest BCUT2D eigenvalue weighted by Crippen LogP contribution is -2.65. The van der Waals surface area contributed by atoms with Crippen LogP contribution in [0.1, 0.15) is 20.8 Å². The summed E-state index contributed by atoms with van der Waals surface area (Å²) < 4.78 is 5.53. The fourth-order valence-electron chi connectivity index (χ4n) is 1.66. The van der Waals surface area contributed by atoms with Gasteiger partial charge < -0.3 is 4.74 Å². The van der Waals surface area contributed by atoms with Crippen molar-refractivity contribution in [3.63, 3.8) is 0 Å². The Morgan fingerprint density at radius 2 is 2.00 bits per heavy atom. The van der Waals surface area contributed by atoms with Crippen molar-refractivity contribution in [3.05, 3.63) is 0 Å². The van der Waals surface area contributed by atoms with Crippen molar-refractivity contribution in [1.82, 2.24) is 4.90 Å². The highest BCUT2D eigenvalue weighted by molar-refractivity contribution is 4.98. The topological polar surface area (TPSA) is 12.5 Å². The van der Waals surface area contributed by atoms with Gasteiger partial charge in [-0.3, -0.25) is 4.90 Å². The van der Waals surface area contributed by atoms with Crippen LogP contribution in [0, 0.1) is 5.92 Å². The average Bonchev–Trinajstić information content (AvgIpc) is 1.86. The van der Waals surface area contributed by atoms with Gasteiger partial charge in [0.15, 0.2) is 0 Å². The molecule has 0 saturated carbocycles. The van der Waals surface area contributed by atoms with E-state index in [1.807, 2.05) is 7.11 Å². The van der Waals surface area contributed by atoms with E-state index in [-0.39, 0.29) is 5.60 Å². The summed E-state index contributed by atoms with van der Waals surface area (Å²) >= 11 is 0. The summed E-state index contributed by atoms with van der Waals surface area (Å²) in [6.07, 6.45) is 0. The van der Waals surface area contributed by atoms with Crippen molar-refractivity contribution in [2.45, 2.75) is 26.4 Å². The standard InChI is InChI=1S/C9H19NO/c1-5-10-6-9(7-10,11-4)8(2)3/h8H,5-7H2,1-4H3. The van der Waals surface area contributed by atoms with Crippen LogP contribution >= 0.6 is 0 Å². The van der Waals surface area contributed by atoms with Gasteiger partial charge in [0.05, 0.1) is 5.60 Å². The lowest BCUT2D eigenvalue weighted by molar-refractivity contribution is -0.149. The number of hydrogen-bond acceptors (Lipinski definition) is 2. The zero-order chi connectivity index (χ0) is 8.48. The Hall–Kier alpha value is -0.0800. The normalized spacial score (nSPS) is 23.7.